The molecule has 1 aliphatic rings. The van der Waals surface area contributed by atoms with E-state index in [4.69, 9.17) is 5.84 Å². The van der Waals surface area contributed by atoms with E-state index in [0.29, 0.717) is 0 Å². The van der Waals surface area contributed by atoms with E-state index in [1.165, 1.54) is 11.3 Å². The zero-order chi connectivity index (χ0) is 12.4. The van der Waals surface area contributed by atoms with Gasteiger partial charge in [0.25, 0.3) is 0 Å². The van der Waals surface area contributed by atoms with E-state index in [1.807, 2.05) is 12.1 Å². The summed E-state index contributed by atoms with van der Waals surface area (Å²) in [5.74, 6) is 5.41. The molecule has 0 saturated carbocycles. The first-order valence-electron chi connectivity index (χ1n) is 6.11. The van der Waals surface area contributed by atoms with Crippen molar-refractivity contribution in [3.63, 3.8) is 0 Å². The fourth-order valence-electron chi connectivity index (χ4n) is 2.42. The number of hydrogen-bond donors (Lipinski definition) is 2. The van der Waals surface area contributed by atoms with E-state index in [9.17, 15) is 0 Å². The highest BCUT2D eigenvalue weighted by molar-refractivity contribution is 5.58. The van der Waals surface area contributed by atoms with Crippen molar-refractivity contribution in [3.05, 3.63) is 53.9 Å². The summed E-state index contributed by atoms with van der Waals surface area (Å²) in [6.45, 7) is 1.88. The SMILES string of the molecule is NNc1ccnc(CN2CCc3ccccc32)c1. The van der Waals surface area contributed by atoms with Gasteiger partial charge in [-0.25, -0.2) is 0 Å². The number of nitrogens with zero attached hydrogens (tertiary/aromatic N) is 2. The van der Waals surface area contributed by atoms with Crippen LogP contribution in [0.25, 0.3) is 0 Å². The fourth-order valence-corrected chi connectivity index (χ4v) is 2.42. The van der Waals surface area contributed by atoms with Gasteiger partial charge in [-0.2, -0.15) is 0 Å². The average molecular weight is 240 g/mol. The molecular weight excluding hydrogens is 224 g/mol. The predicted octanol–water partition coefficient (Wildman–Crippen LogP) is 1.93. The molecule has 2 heterocycles. The van der Waals surface area contributed by atoms with Crippen LogP contribution in [0.1, 0.15) is 11.3 Å². The Kier molecular flexibility index (Phi) is 2.86. The first kappa shape index (κ1) is 11.0. The van der Waals surface area contributed by atoms with Crippen LogP contribution in [0.5, 0.6) is 0 Å². The molecule has 3 N–H and O–H groups in total. The first-order chi connectivity index (χ1) is 8.86. The average Bonchev–Trinajstić information content (AvgIpc) is 2.83. The third-order valence-corrected chi connectivity index (χ3v) is 3.32. The number of rotatable bonds is 3. The van der Waals surface area contributed by atoms with Gasteiger partial charge in [0.2, 0.25) is 0 Å². The van der Waals surface area contributed by atoms with Crippen LogP contribution in [-0.2, 0) is 13.0 Å². The van der Waals surface area contributed by atoms with E-state index in [0.717, 1.165) is 30.9 Å². The Hall–Kier alpha value is -2.07. The summed E-state index contributed by atoms with van der Waals surface area (Å²) in [7, 11) is 0. The zero-order valence-corrected chi connectivity index (χ0v) is 10.1. The van der Waals surface area contributed by atoms with E-state index in [-0.39, 0.29) is 0 Å². The number of benzene rings is 1. The van der Waals surface area contributed by atoms with Gasteiger partial charge >= 0.3 is 0 Å². The van der Waals surface area contributed by atoms with Crippen LogP contribution in [0.4, 0.5) is 11.4 Å². The summed E-state index contributed by atoms with van der Waals surface area (Å²) in [6.07, 6.45) is 2.90. The predicted molar refractivity (Wildman–Crippen MR) is 73.2 cm³/mol. The standard InChI is InChI=1S/C14H16N4/c15-17-12-5-7-16-13(9-12)10-18-8-6-11-3-1-2-4-14(11)18/h1-5,7,9H,6,8,10,15H2,(H,16,17). The molecule has 0 amide bonds. The van der Waals surface area contributed by atoms with Crippen molar-refractivity contribution in [2.75, 3.05) is 16.9 Å². The van der Waals surface area contributed by atoms with Crippen LogP contribution in [0.3, 0.4) is 0 Å². The van der Waals surface area contributed by atoms with Crippen LogP contribution in [0, 0.1) is 0 Å². The number of hydrogen-bond acceptors (Lipinski definition) is 4. The summed E-state index contributed by atoms with van der Waals surface area (Å²) in [4.78, 5) is 6.75. The second-order valence-electron chi connectivity index (χ2n) is 4.48. The first-order valence-corrected chi connectivity index (χ1v) is 6.11. The summed E-state index contributed by atoms with van der Waals surface area (Å²) < 4.78 is 0. The lowest BCUT2D eigenvalue weighted by Gasteiger charge is -2.19. The normalized spacial score (nSPS) is 13.5. The second kappa shape index (κ2) is 4.66. The molecule has 92 valence electrons. The maximum Gasteiger partial charge on any atom is 0.0617 e. The number of fused-ring (bicyclic) bond motifs is 1. The van der Waals surface area contributed by atoms with Gasteiger partial charge in [0.15, 0.2) is 0 Å². The third-order valence-electron chi connectivity index (χ3n) is 3.32. The van der Waals surface area contributed by atoms with Gasteiger partial charge in [0, 0.05) is 18.4 Å². The minimum absolute atomic E-state index is 0.826. The molecule has 1 aliphatic heterocycles. The van der Waals surface area contributed by atoms with Crippen molar-refractivity contribution < 1.29 is 0 Å². The Morgan fingerprint density at radius 1 is 1.28 bits per heavy atom. The highest BCUT2D eigenvalue weighted by atomic mass is 15.2. The number of nitrogens with one attached hydrogen (secondary N) is 1. The molecule has 0 radical (unpaired) electrons. The molecule has 2 aromatic rings. The molecule has 4 nitrogen and oxygen atoms in total. The van der Waals surface area contributed by atoms with Crippen LogP contribution in [0.2, 0.25) is 0 Å². The van der Waals surface area contributed by atoms with Crippen molar-refractivity contribution in [2.24, 2.45) is 5.84 Å². The minimum Gasteiger partial charge on any atom is -0.365 e. The van der Waals surface area contributed by atoms with Gasteiger partial charge in [0.1, 0.15) is 0 Å². The highest BCUT2D eigenvalue weighted by Gasteiger charge is 2.18. The van der Waals surface area contributed by atoms with Gasteiger partial charge in [0.05, 0.1) is 17.9 Å². The van der Waals surface area contributed by atoms with Crippen LogP contribution in [-0.4, -0.2) is 11.5 Å². The molecule has 18 heavy (non-hydrogen) atoms. The Balaban J connectivity index is 1.82. The van der Waals surface area contributed by atoms with Gasteiger partial charge in [-0.1, -0.05) is 18.2 Å². The Morgan fingerprint density at radius 2 is 2.17 bits per heavy atom. The lowest BCUT2D eigenvalue weighted by Crippen LogP contribution is -2.20. The molecule has 1 aromatic carbocycles. The van der Waals surface area contributed by atoms with Crippen LogP contribution >= 0.6 is 0 Å². The van der Waals surface area contributed by atoms with Gasteiger partial charge < -0.3 is 10.3 Å². The molecule has 1 aromatic heterocycles. The van der Waals surface area contributed by atoms with Gasteiger partial charge in [-0.3, -0.25) is 10.8 Å². The molecule has 0 bridgehead atoms. The molecule has 0 aliphatic carbocycles. The maximum absolute atomic E-state index is 5.41. The molecule has 3 rings (SSSR count). The molecule has 0 spiro atoms. The second-order valence-corrected chi connectivity index (χ2v) is 4.48. The Labute approximate surface area is 106 Å². The smallest absolute Gasteiger partial charge is 0.0617 e. The van der Waals surface area contributed by atoms with Crippen molar-refractivity contribution in [2.45, 2.75) is 13.0 Å². The van der Waals surface area contributed by atoms with Crippen LogP contribution in [0.15, 0.2) is 42.6 Å². The van der Waals surface area contributed by atoms with Crippen molar-refractivity contribution in [1.29, 1.82) is 0 Å². The summed E-state index contributed by atoms with van der Waals surface area (Å²) in [5.41, 5.74) is 7.32. The lowest BCUT2D eigenvalue weighted by atomic mass is 10.2. The monoisotopic (exact) mass is 240 g/mol. The topological polar surface area (TPSA) is 54.2 Å². The number of pyridine rings is 1. The summed E-state index contributed by atoms with van der Waals surface area (Å²) in [5, 5.41) is 0. The lowest BCUT2D eigenvalue weighted by molar-refractivity contribution is 0.815. The number of nitrogens with two attached hydrogens (primary N) is 1. The molecule has 4 heteroatoms. The molecule has 0 saturated heterocycles. The largest absolute Gasteiger partial charge is 0.365 e. The van der Waals surface area contributed by atoms with Gasteiger partial charge in [-0.05, 0) is 30.2 Å². The zero-order valence-electron chi connectivity index (χ0n) is 10.1. The van der Waals surface area contributed by atoms with Gasteiger partial charge in [-0.15, -0.1) is 0 Å². The fraction of sp³-hybridized carbons (Fsp3) is 0.214. The number of anilines is 2. The molecule has 0 unspecified atom stereocenters. The minimum atomic E-state index is 0.826. The van der Waals surface area contributed by atoms with Crippen molar-refractivity contribution in [3.8, 4) is 0 Å². The quantitative estimate of drug-likeness (QED) is 0.636. The Morgan fingerprint density at radius 3 is 3.06 bits per heavy atom. The van der Waals surface area contributed by atoms with Crippen LogP contribution < -0.4 is 16.2 Å². The molecule has 0 atom stereocenters. The van der Waals surface area contributed by atoms with Crippen molar-refractivity contribution in [1.82, 2.24) is 4.98 Å². The number of para-hydroxylation sites is 1. The maximum atomic E-state index is 5.41. The Bertz CT molecular complexity index is 553. The third kappa shape index (κ3) is 2.02. The summed E-state index contributed by atoms with van der Waals surface area (Å²) >= 11 is 0. The van der Waals surface area contributed by atoms with E-state index >= 15 is 0 Å². The number of aromatic nitrogens is 1. The highest BCUT2D eigenvalue weighted by Crippen LogP contribution is 2.28. The number of nitrogen functional groups attached to an aromatic ring is 1. The van der Waals surface area contributed by atoms with E-state index in [1.54, 1.807) is 6.20 Å². The number of hydrazine groups is 1. The molecule has 0 fully saturated rings. The van der Waals surface area contributed by atoms with E-state index in [2.05, 4.69) is 39.6 Å². The summed E-state index contributed by atoms with van der Waals surface area (Å²) in [6, 6.07) is 12.4. The van der Waals surface area contributed by atoms with E-state index < -0.39 is 0 Å². The van der Waals surface area contributed by atoms with Crippen molar-refractivity contribution >= 4 is 11.4 Å². The molecular formula is C14H16N4.